The van der Waals surface area contributed by atoms with E-state index >= 15 is 0 Å². The van der Waals surface area contributed by atoms with Crippen molar-refractivity contribution in [1.82, 2.24) is 0 Å². The van der Waals surface area contributed by atoms with Crippen LogP contribution in [0.3, 0.4) is 0 Å². The van der Waals surface area contributed by atoms with E-state index in [1.165, 1.54) is 24.3 Å². The Morgan fingerprint density at radius 1 is 0.960 bits per heavy atom. The molecule has 0 saturated heterocycles. The molecule has 1 atom stereocenters. The third kappa shape index (κ3) is 3.77. The van der Waals surface area contributed by atoms with Crippen LogP contribution in [0.25, 0.3) is 0 Å². The first-order chi connectivity index (χ1) is 12.0. The van der Waals surface area contributed by atoms with Crippen molar-refractivity contribution in [2.24, 2.45) is 0 Å². The lowest BCUT2D eigenvalue weighted by molar-refractivity contribution is 0.0690. The number of hydrogen-bond acceptors (Lipinski definition) is 3. The number of ether oxygens (including phenoxy) is 1. The van der Waals surface area contributed by atoms with Crippen molar-refractivity contribution in [1.29, 1.82) is 0 Å². The maximum atomic E-state index is 13.3. The van der Waals surface area contributed by atoms with Gasteiger partial charge in [0.05, 0.1) is 0 Å². The Bertz CT molecular complexity index is 879. The third-order valence-corrected chi connectivity index (χ3v) is 3.75. The zero-order valence-corrected chi connectivity index (χ0v) is 13.2. The smallest absolute Gasteiger partial charge is 0.339 e. The van der Waals surface area contributed by atoms with Crippen molar-refractivity contribution in [2.75, 3.05) is 5.73 Å². The maximum absolute atomic E-state index is 13.3. The average Bonchev–Trinajstić information content (AvgIpc) is 2.62. The van der Waals surface area contributed by atoms with Crippen molar-refractivity contribution in [3.63, 3.8) is 0 Å². The molecule has 3 N–H and O–H groups in total. The molecule has 1 unspecified atom stereocenters. The van der Waals surface area contributed by atoms with Crippen LogP contribution in [0.2, 0.25) is 0 Å². The number of carboxylic acids is 1. The van der Waals surface area contributed by atoms with E-state index in [1.54, 1.807) is 18.2 Å². The molecule has 0 heterocycles. The minimum absolute atomic E-state index is 0.0250. The summed E-state index contributed by atoms with van der Waals surface area (Å²) in [7, 11) is 0. The summed E-state index contributed by atoms with van der Waals surface area (Å²) in [6.45, 7) is 0. The van der Waals surface area contributed by atoms with Crippen LogP contribution in [-0.2, 0) is 0 Å². The van der Waals surface area contributed by atoms with Gasteiger partial charge in [-0.15, -0.1) is 0 Å². The highest BCUT2D eigenvalue weighted by Gasteiger charge is 2.20. The average molecular weight is 337 g/mol. The van der Waals surface area contributed by atoms with Gasteiger partial charge in [0.15, 0.2) is 0 Å². The zero-order valence-electron chi connectivity index (χ0n) is 13.2. The monoisotopic (exact) mass is 337 g/mol. The highest BCUT2D eigenvalue weighted by molar-refractivity contribution is 5.92. The summed E-state index contributed by atoms with van der Waals surface area (Å²) < 4.78 is 19.3. The third-order valence-electron chi connectivity index (χ3n) is 3.75. The fourth-order valence-electron chi connectivity index (χ4n) is 2.54. The van der Waals surface area contributed by atoms with E-state index < -0.39 is 12.1 Å². The Labute approximate surface area is 144 Å². The molecule has 126 valence electrons. The highest BCUT2D eigenvalue weighted by atomic mass is 19.1. The second-order valence-corrected chi connectivity index (χ2v) is 5.52. The number of carboxylic acid groups (broad SMARTS) is 1. The van der Waals surface area contributed by atoms with Crippen LogP contribution in [0.15, 0.2) is 72.8 Å². The molecule has 25 heavy (non-hydrogen) atoms. The molecule has 5 heteroatoms. The number of nitrogen functional groups attached to an aromatic ring is 1. The van der Waals surface area contributed by atoms with E-state index in [9.17, 15) is 14.3 Å². The highest BCUT2D eigenvalue weighted by Crippen LogP contribution is 2.31. The van der Waals surface area contributed by atoms with Gasteiger partial charge in [-0.25, -0.2) is 9.18 Å². The summed E-state index contributed by atoms with van der Waals surface area (Å²) in [4.78, 5) is 11.5. The number of aromatic carboxylic acids is 1. The van der Waals surface area contributed by atoms with Crippen molar-refractivity contribution in [3.8, 4) is 5.75 Å². The lowest BCUT2D eigenvalue weighted by atomic mass is 10.0. The maximum Gasteiger partial charge on any atom is 0.339 e. The largest absolute Gasteiger partial charge is 0.480 e. The summed E-state index contributed by atoms with van der Waals surface area (Å²) >= 11 is 0. The van der Waals surface area contributed by atoms with Crippen LogP contribution in [-0.4, -0.2) is 11.1 Å². The van der Waals surface area contributed by atoms with Gasteiger partial charge in [-0.2, -0.15) is 0 Å². The molecule has 0 aliphatic carbocycles. The second kappa shape index (κ2) is 7.05. The van der Waals surface area contributed by atoms with E-state index in [-0.39, 0.29) is 17.1 Å². The van der Waals surface area contributed by atoms with Gasteiger partial charge < -0.3 is 15.6 Å². The minimum Gasteiger partial charge on any atom is -0.480 e. The van der Waals surface area contributed by atoms with Gasteiger partial charge in [0, 0.05) is 5.69 Å². The first-order valence-electron chi connectivity index (χ1n) is 7.64. The molecule has 0 fully saturated rings. The first kappa shape index (κ1) is 16.5. The molecule has 0 amide bonds. The normalized spacial score (nSPS) is 11.7. The van der Waals surface area contributed by atoms with Gasteiger partial charge in [-0.1, -0.05) is 42.5 Å². The topological polar surface area (TPSA) is 72.5 Å². The quantitative estimate of drug-likeness (QED) is 0.682. The molecule has 0 spiro atoms. The van der Waals surface area contributed by atoms with Crippen LogP contribution < -0.4 is 10.5 Å². The molecule has 0 saturated carbocycles. The Balaban J connectivity index is 2.05. The van der Waals surface area contributed by atoms with Gasteiger partial charge in [0.25, 0.3) is 0 Å². The van der Waals surface area contributed by atoms with E-state index in [2.05, 4.69) is 0 Å². The number of rotatable bonds is 5. The van der Waals surface area contributed by atoms with Gasteiger partial charge in [0.1, 0.15) is 23.2 Å². The van der Waals surface area contributed by atoms with E-state index in [4.69, 9.17) is 10.5 Å². The van der Waals surface area contributed by atoms with Crippen LogP contribution in [0.5, 0.6) is 5.75 Å². The van der Waals surface area contributed by atoms with Crippen molar-refractivity contribution < 1.29 is 19.0 Å². The van der Waals surface area contributed by atoms with E-state index in [0.29, 0.717) is 11.3 Å². The Morgan fingerprint density at radius 3 is 2.24 bits per heavy atom. The van der Waals surface area contributed by atoms with Crippen LogP contribution >= 0.6 is 0 Å². The number of carbonyl (C=O) groups is 1. The molecular formula is C20H16FNO3. The standard InChI is InChI=1S/C20H16FNO3/c21-15-8-6-14(7-9-15)19(13-4-2-1-3-5-13)25-18-11-10-16(22)12-17(18)20(23)24/h1-12,19H,22H2,(H,23,24). The van der Waals surface area contributed by atoms with Crippen LogP contribution in [0.1, 0.15) is 27.6 Å². The number of benzene rings is 3. The zero-order chi connectivity index (χ0) is 17.8. The summed E-state index contributed by atoms with van der Waals surface area (Å²) in [6, 6.07) is 19.7. The van der Waals surface area contributed by atoms with Gasteiger partial charge in [-0.05, 0) is 41.5 Å². The molecule has 3 aromatic carbocycles. The predicted octanol–water partition coefficient (Wildman–Crippen LogP) is 4.27. The summed E-state index contributed by atoms with van der Waals surface area (Å²) in [5.74, 6) is -1.29. The lowest BCUT2D eigenvalue weighted by Crippen LogP contribution is -2.12. The molecular weight excluding hydrogens is 321 g/mol. The number of nitrogens with two attached hydrogens (primary N) is 1. The molecule has 3 aromatic rings. The molecule has 3 rings (SSSR count). The first-order valence-corrected chi connectivity index (χ1v) is 7.64. The molecule has 0 aliphatic heterocycles. The van der Waals surface area contributed by atoms with Gasteiger partial charge in [0.2, 0.25) is 0 Å². The minimum atomic E-state index is -1.13. The molecule has 0 aromatic heterocycles. The summed E-state index contributed by atoms with van der Waals surface area (Å²) in [6.07, 6.45) is -0.580. The van der Waals surface area contributed by atoms with Crippen molar-refractivity contribution in [3.05, 3.63) is 95.3 Å². The molecule has 0 radical (unpaired) electrons. The predicted molar refractivity (Wildman–Crippen MR) is 93.1 cm³/mol. The Hall–Kier alpha value is -3.34. The SMILES string of the molecule is Nc1ccc(OC(c2ccccc2)c2ccc(F)cc2)c(C(=O)O)c1. The van der Waals surface area contributed by atoms with Crippen LogP contribution in [0.4, 0.5) is 10.1 Å². The molecule has 4 nitrogen and oxygen atoms in total. The lowest BCUT2D eigenvalue weighted by Gasteiger charge is -2.21. The second-order valence-electron chi connectivity index (χ2n) is 5.52. The summed E-state index contributed by atoms with van der Waals surface area (Å²) in [5.41, 5.74) is 7.52. The van der Waals surface area contributed by atoms with Crippen molar-refractivity contribution in [2.45, 2.75) is 6.10 Å². The van der Waals surface area contributed by atoms with Crippen molar-refractivity contribution >= 4 is 11.7 Å². The fourth-order valence-corrected chi connectivity index (χ4v) is 2.54. The van der Waals surface area contributed by atoms with Gasteiger partial charge >= 0.3 is 5.97 Å². The number of halogens is 1. The molecule has 0 aliphatic rings. The Kier molecular flexibility index (Phi) is 4.66. The van der Waals surface area contributed by atoms with E-state index in [1.807, 2.05) is 30.3 Å². The molecule has 0 bridgehead atoms. The number of anilines is 1. The van der Waals surface area contributed by atoms with E-state index in [0.717, 1.165) is 5.56 Å². The van der Waals surface area contributed by atoms with Crippen LogP contribution in [0, 0.1) is 5.82 Å². The fraction of sp³-hybridized carbons (Fsp3) is 0.0500. The van der Waals surface area contributed by atoms with Gasteiger partial charge in [-0.3, -0.25) is 0 Å². The number of hydrogen-bond donors (Lipinski definition) is 2. The Morgan fingerprint density at radius 2 is 1.60 bits per heavy atom. The summed E-state index contributed by atoms with van der Waals surface area (Å²) in [5, 5.41) is 9.40.